The number of anilines is 1. The van der Waals surface area contributed by atoms with Crippen molar-refractivity contribution in [2.45, 2.75) is 6.92 Å². The molecule has 1 amide bonds. The molecule has 1 N–H and O–H groups in total. The van der Waals surface area contributed by atoms with Gasteiger partial charge in [0.15, 0.2) is 0 Å². The van der Waals surface area contributed by atoms with E-state index in [4.69, 9.17) is 27.6 Å². The Morgan fingerprint density at radius 2 is 2.05 bits per heavy atom. The highest BCUT2D eigenvalue weighted by Crippen LogP contribution is 2.25. The molecule has 2 aromatic rings. The molecule has 3 nitrogen and oxygen atoms in total. The molecule has 0 unspecified atom stereocenters. The second-order valence-corrected chi connectivity index (χ2v) is 4.74. The lowest BCUT2D eigenvalue weighted by atomic mass is 10.3. The summed E-state index contributed by atoms with van der Waals surface area (Å²) in [5.41, 5.74) is 0.511. The molecule has 1 aromatic carbocycles. The van der Waals surface area contributed by atoms with E-state index in [2.05, 4.69) is 5.32 Å². The number of nitrogens with one attached hydrogen (secondary N) is 1. The van der Waals surface area contributed by atoms with Gasteiger partial charge in [0.1, 0.15) is 11.5 Å². The van der Waals surface area contributed by atoms with Gasteiger partial charge in [-0.1, -0.05) is 23.2 Å². The maximum absolute atomic E-state index is 11.7. The summed E-state index contributed by atoms with van der Waals surface area (Å²) < 4.78 is 5.31. The molecule has 0 aliphatic carbocycles. The molecule has 0 aliphatic rings. The average Bonchev–Trinajstić information content (AvgIpc) is 2.76. The molecule has 0 spiro atoms. The number of aryl methyl sites for hydroxylation is 1. The Hall–Kier alpha value is -1.71. The standard InChI is InChI=1S/C14H11Cl2NO2/c1-9-2-4-11(19-9)5-7-14(18)17-13-6-3-10(15)8-12(13)16/h2-8H,1H3,(H,17,18). The van der Waals surface area contributed by atoms with Gasteiger partial charge in [-0.2, -0.15) is 0 Å². The monoisotopic (exact) mass is 295 g/mol. The van der Waals surface area contributed by atoms with E-state index in [1.807, 2.05) is 13.0 Å². The van der Waals surface area contributed by atoms with Crippen molar-refractivity contribution >= 4 is 40.9 Å². The lowest BCUT2D eigenvalue weighted by Gasteiger charge is -2.04. The minimum absolute atomic E-state index is 0.293. The predicted molar refractivity (Wildman–Crippen MR) is 77.6 cm³/mol. The van der Waals surface area contributed by atoms with Crippen LogP contribution >= 0.6 is 23.2 Å². The Kier molecular flexibility index (Phi) is 4.30. The molecule has 0 aliphatic heterocycles. The van der Waals surface area contributed by atoms with Crippen LogP contribution in [0.1, 0.15) is 11.5 Å². The number of amides is 1. The lowest BCUT2D eigenvalue weighted by Crippen LogP contribution is -2.07. The van der Waals surface area contributed by atoms with Crippen LogP contribution in [0.4, 0.5) is 5.69 Å². The van der Waals surface area contributed by atoms with Crippen LogP contribution in [-0.4, -0.2) is 5.91 Å². The van der Waals surface area contributed by atoms with Crippen LogP contribution < -0.4 is 5.32 Å². The molecule has 98 valence electrons. The normalized spacial score (nSPS) is 10.9. The first-order valence-corrected chi connectivity index (χ1v) is 6.31. The summed E-state index contributed by atoms with van der Waals surface area (Å²) in [6.07, 6.45) is 2.97. The molecule has 0 saturated heterocycles. The van der Waals surface area contributed by atoms with Crippen LogP contribution in [0.25, 0.3) is 6.08 Å². The topological polar surface area (TPSA) is 42.2 Å². The van der Waals surface area contributed by atoms with Crippen LogP contribution in [0, 0.1) is 6.92 Å². The van der Waals surface area contributed by atoms with Crippen LogP contribution in [0.15, 0.2) is 40.8 Å². The maximum Gasteiger partial charge on any atom is 0.248 e. The predicted octanol–water partition coefficient (Wildman–Crippen LogP) is 4.55. The van der Waals surface area contributed by atoms with Crippen LogP contribution in [-0.2, 0) is 4.79 Å². The van der Waals surface area contributed by atoms with Crippen molar-refractivity contribution in [3.05, 3.63) is 58.0 Å². The number of halogens is 2. The van der Waals surface area contributed by atoms with Crippen LogP contribution in [0.3, 0.4) is 0 Å². The Bertz CT molecular complexity index is 632. The van der Waals surface area contributed by atoms with E-state index in [0.717, 1.165) is 5.76 Å². The number of rotatable bonds is 3. The van der Waals surface area contributed by atoms with Gasteiger partial charge in [-0.25, -0.2) is 0 Å². The molecular formula is C14H11Cl2NO2. The molecule has 0 radical (unpaired) electrons. The second kappa shape index (κ2) is 5.95. The second-order valence-electron chi connectivity index (χ2n) is 3.90. The zero-order valence-electron chi connectivity index (χ0n) is 10.1. The zero-order chi connectivity index (χ0) is 13.8. The minimum Gasteiger partial charge on any atom is -0.462 e. The average molecular weight is 296 g/mol. The fourth-order valence-electron chi connectivity index (χ4n) is 1.47. The van der Waals surface area contributed by atoms with E-state index in [-0.39, 0.29) is 5.91 Å². The number of hydrogen-bond donors (Lipinski definition) is 1. The molecule has 1 aromatic heterocycles. The Morgan fingerprint density at radius 1 is 1.26 bits per heavy atom. The van der Waals surface area contributed by atoms with E-state index in [0.29, 0.717) is 21.5 Å². The lowest BCUT2D eigenvalue weighted by molar-refractivity contribution is -0.111. The van der Waals surface area contributed by atoms with Gasteiger partial charge in [0.25, 0.3) is 0 Å². The number of carbonyl (C=O) groups excluding carboxylic acids is 1. The highest BCUT2D eigenvalue weighted by atomic mass is 35.5. The van der Waals surface area contributed by atoms with Crippen LogP contribution in [0.5, 0.6) is 0 Å². The van der Waals surface area contributed by atoms with Gasteiger partial charge in [-0.15, -0.1) is 0 Å². The molecule has 5 heteroatoms. The van der Waals surface area contributed by atoms with Crippen molar-refractivity contribution in [2.24, 2.45) is 0 Å². The van der Waals surface area contributed by atoms with Crippen molar-refractivity contribution < 1.29 is 9.21 Å². The third kappa shape index (κ3) is 3.88. The largest absolute Gasteiger partial charge is 0.462 e. The zero-order valence-corrected chi connectivity index (χ0v) is 11.6. The summed E-state index contributed by atoms with van der Waals surface area (Å²) in [4.78, 5) is 11.7. The molecule has 19 heavy (non-hydrogen) atoms. The summed E-state index contributed by atoms with van der Waals surface area (Å²) in [5, 5.41) is 3.57. The summed E-state index contributed by atoms with van der Waals surface area (Å²) in [6, 6.07) is 8.48. The molecule has 2 rings (SSSR count). The Labute approximate surface area is 120 Å². The van der Waals surface area contributed by atoms with Crippen molar-refractivity contribution in [1.29, 1.82) is 0 Å². The SMILES string of the molecule is Cc1ccc(C=CC(=O)Nc2ccc(Cl)cc2Cl)o1. The smallest absolute Gasteiger partial charge is 0.248 e. The first-order chi connectivity index (χ1) is 9.04. The van der Waals surface area contributed by atoms with Gasteiger partial charge in [0.05, 0.1) is 10.7 Å². The van der Waals surface area contributed by atoms with E-state index in [9.17, 15) is 4.79 Å². The minimum atomic E-state index is -0.293. The molecule has 0 atom stereocenters. The van der Waals surface area contributed by atoms with Gasteiger partial charge < -0.3 is 9.73 Å². The Balaban J connectivity index is 2.03. The summed E-state index contributed by atoms with van der Waals surface area (Å²) in [6.45, 7) is 1.84. The number of carbonyl (C=O) groups is 1. The molecule has 0 saturated carbocycles. The van der Waals surface area contributed by atoms with Crippen molar-refractivity contribution in [1.82, 2.24) is 0 Å². The fourth-order valence-corrected chi connectivity index (χ4v) is 1.92. The molecule has 0 bridgehead atoms. The first kappa shape index (κ1) is 13.7. The van der Waals surface area contributed by atoms with Gasteiger partial charge in [0, 0.05) is 11.1 Å². The van der Waals surface area contributed by atoms with E-state index < -0.39 is 0 Å². The fraction of sp³-hybridized carbons (Fsp3) is 0.0714. The third-order valence-corrected chi connectivity index (χ3v) is 2.90. The maximum atomic E-state index is 11.7. The number of benzene rings is 1. The summed E-state index contributed by atoms with van der Waals surface area (Å²) in [7, 11) is 0. The summed E-state index contributed by atoms with van der Waals surface area (Å²) in [5.74, 6) is 1.12. The molecular weight excluding hydrogens is 285 g/mol. The van der Waals surface area contributed by atoms with Crippen molar-refractivity contribution in [3.63, 3.8) is 0 Å². The van der Waals surface area contributed by atoms with E-state index in [1.165, 1.54) is 6.08 Å². The van der Waals surface area contributed by atoms with Gasteiger partial charge in [-0.3, -0.25) is 4.79 Å². The highest BCUT2D eigenvalue weighted by Gasteiger charge is 2.04. The summed E-state index contributed by atoms with van der Waals surface area (Å²) >= 11 is 11.7. The van der Waals surface area contributed by atoms with Crippen molar-refractivity contribution in [3.8, 4) is 0 Å². The van der Waals surface area contributed by atoms with Crippen molar-refractivity contribution in [2.75, 3.05) is 5.32 Å². The number of hydrogen-bond acceptors (Lipinski definition) is 2. The van der Waals surface area contributed by atoms with E-state index >= 15 is 0 Å². The first-order valence-electron chi connectivity index (χ1n) is 5.55. The molecule has 1 heterocycles. The number of furan rings is 1. The van der Waals surface area contributed by atoms with Crippen LogP contribution in [0.2, 0.25) is 10.0 Å². The Morgan fingerprint density at radius 3 is 2.68 bits per heavy atom. The van der Waals surface area contributed by atoms with Gasteiger partial charge in [0.2, 0.25) is 5.91 Å². The highest BCUT2D eigenvalue weighted by molar-refractivity contribution is 6.36. The molecule has 0 fully saturated rings. The third-order valence-electron chi connectivity index (χ3n) is 2.35. The quantitative estimate of drug-likeness (QED) is 0.844. The van der Waals surface area contributed by atoms with Gasteiger partial charge >= 0.3 is 0 Å². The van der Waals surface area contributed by atoms with E-state index in [1.54, 1.807) is 30.3 Å². The van der Waals surface area contributed by atoms with Gasteiger partial charge in [-0.05, 0) is 43.3 Å².